The third-order valence-electron chi connectivity index (χ3n) is 5.11. The standard InChI is InChI=1S/C18H24N2O6S/c21-17(13-2-1-3-14(12-13)18(22)23)19-15-4-8-20(9-5-15)27(24,25)16-6-10-26-11-7-16/h1-3,12,15-16H,4-11H2,(H,19,21)(H,22,23). The fraction of sp³-hybridized carbons (Fsp3) is 0.556. The van der Waals surface area contributed by atoms with Crippen molar-refractivity contribution in [3.8, 4) is 0 Å². The minimum atomic E-state index is -3.33. The molecule has 1 amide bonds. The lowest BCUT2D eigenvalue weighted by Crippen LogP contribution is -2.49. The van der Waals surface area contributed by atoms with Gasteiger partial charge in [-0.1, -0.05) is 6.07 Å². The van der Waals surface area contributed by atoms with E-state index in [1.54, 1.807) is 6.07 Å². The Bertz CT molecular complexity index is 796. The van der Waals surface area contributed by atoms with E-state index in [1.807, 2.05) is 0 Å². The number of sulfonamides is 1. The van der Waals surface area contributed by atoms with E-state index in [2.05, 4.69) is 5.32 Å². The number of carbonyl (C=O) groups is 2. The summed E-state index contributed by atoms with van der Waals surface area (Å²) >= 11 is 0. The predicted molar refractivity (Wildman–Crippen MR) is 98.2 cm³/mol. The SMILES string of the molecule is O=C(O)c1cccc(C(=O)NC2CCN(S(=O)(=O)C3CCOCC3)CC2)c1. The minimum absolute atomic E-state index is 0.0556. The highest BCUT2D eigenvalue weighted by molar-refractivity contribution is 7.89. The number of rotatable bonds is 5. The number of carbonyl (C=O) groups excluding carboxylic acids is 1. The van der Waals surface area contributed by atoms with Crippen LogP contribution < -0.4 is 5.32 Å². The molecule has 0 aliphatic carbocycles. The summed E-state index contributed by atoms with van der Waals surface area (Å²) in [6.45, 7) is 1.71. The van der Waals surface area contributed by atoms with Crippen LogP contribution in [0, 0.1) is 0 Å². The summed E-state index contributed by atoms with van der Waals surface area (Å²) in [6.07, 6.45) is 2.12. The number of hydrogen-bond acceptors (Lipinski definition) is 5. The van der Waals surface area contributed by atoms with Crippen LogP contribution in [0.1, 0.15) is 46.4 Å². The van der Waals surface area contributed by atoms with Gasteiger partial charge in [-0.05, 0) is 43.9 Å². The molecule has 2 saturated heterocycles. The number of ether oxygens (including phenoxy) is 1. The van der Waals surface area contributed by atoms with E-state index < -0.39 is 16.0 Å². The molecule has 1 aromatic rings. The molecule has 2 fully saturated rings. The van der Waals surface area contributed by atoms with Crippen molar-refractivity contribution in [2.75, 3.05) is 26.3 Å². The zero-order chi connectivity index (χ0) is 19.4. The number of benzene rings is 1. The van der Waals surface area contributed by atoms with E-state index in [1.165, 1.54) is 22.5 Å². The molecule has 2 aliphatic heterocycles. The number of nitrogens with zero attached hydrogens (tertiary/aromatic N) is 1. The van der Waals surface area contributed by atoms with Crippen LogP contribution in [-0.4, -0.2) is 67.3 Å². The monoisotopic (exact) mass is 396 g/mol. The average Bonchev–Trinajstić information content (AvgIpc) is 2.69. The van der Waals surface area contributed by atoms with Crippen LogP contribution in [-0.2, 0) is 14.8 Å². The summed E-state index contributed by atoms with van der Waals surface area (Å²) in [7, 11) is -3.33. The Morgan fingerprint density at radius 3 is 2.33 bits per heavy atom. The van der Waals surface area contributed by atoms with Crippen molar-refractivity contribution < 1.29 is 27.9 Å². The molecule has 0 aromatic heterocycles. The maximum atomic E-state index is 12.7. The van der Waals surface area contributed by atoms with Crippen LogP contribution >= 0.6 is 0 Å². The van der Waals surface area contributed by atoms with Crippen LogP contribution in [0.2, 0.25) is 0 Å². The second kappa shape index (κ2) is 8.37. The smallest absolute Gasteiger partial charge is 0.335 e. The first-order chi connectivity index (χ1) is 12.9. The predicted octanol–water partition coefficient (Wildman–Crippen LogP) is 1.09. The summed E-state index contributed by atoms with van der Waals surface area (Å²) < 4.78 is 32.2. The van der Waals surface area contributed by atoms with Gasteiger partial charge in [-0.3, -0.25) is 4.79 Å². The molecular weight excluding hydrogens is 372 g/mol. The number of carboxylic acids is 1. The molecule has 0 bridgehead atoms. The number of hydrogen-bond donors (Lipinski definition) is 2. The topological polar surface area (TPSA) is 113 Å². The molecule has 148 valence electrons. The minimum Gasteiger partial charge on any atom is -0.478 e. The number of amides is 1. The number of nitrogens with one attached hydrogen (secondary N) is 1. The van der Waals surface area contributed by atoms with Gasteiger partial charge in [0, 0.05) is 37.9 Å². The van der Waals surface area contributed by atoms with Crippen molar-refractivity contribution in [1.82, 2.24) is 9.62 Å². The number of aromatic carboxylic acids is 1. The van der Waals surface area contributed by atoms with Gasteiger partial charge in [0.25, 0.3) is 5.91 Å². The maximum absolute atomic E-state index is 12.7. The van der Waals surface area contributed by atoms with Gasteiger partial charge in [-0.15, -0.1) is 0 Å². The van der Waals surface area contributed by atoms with E-state index in [9.17, 15) is 18.0 Å². The Morgan fingerprint density at radius 2 is 1.70 bits per heavy atom. The molecule has 0 saturated carbocycles. The molecule has 9 heteroatoms. The molecule has 2 heterocycles. The lowest BCUT2D eigenvalue weighted by molar-refractivity contribution is 0.0697. The molecular formula is C18H24N2O6S. The third-order valence-corrected chi connectivity index (χ3v) is 7.51. The van der Waals surface area contributed by atoms with Crippen molar-refractivity contribution >= 4 is 21.9 Å². The number of carboxylic acid groups (broad SMARTS) is 1. The zero-order valence-electron chi connectivity index (χ0n) is 15.0. The van der Waals surface area contributed by atoms with Crippen molar-refractivity contribution in [3.05, 3.63) is 35.4 Å². The zero-order valence-corrected chi connectivity index (χ0v) is 15.8. The fourth-order valence-corrected chi connectivity index (χ4v) is 5.43. The van der Waals surface area contributed by atoms with Crippen LogP contribution in [0.25, 0.3) is 0 Å². The third kappa shape index (κ3) is 4.66. The second-order valence-electron chi connectivity index (χ2n) is 6.89. The van der Waals surface area contributed by atoms with Crippen molar-refractivity contribution in [2.24, 2.45) is 0 Å². The number of piperidine rings is 1. The van der Waals surface area contributed by atoms with Crippen LogP contribution in [0.4, 0.5) is 0 Å². The first-order valence-corrected chi connectivity index (χ1v) is 10.6. The van der Waals surface area contributed by atoms with E-state index in [0.29, 0.717) is 52.0 Å². The highest BCUT2D eigenvalue weighted by Crippen LogP contribution is 2.23. The van der Waals surface area contributed by atoms with Gasteiger partial charge in [-0.25, -0.2) is 17.5 Å². The summed E-state index contributed by atoms with van der Waals surface area (Å²) in [6, 6.07) is 5.72. The van der Waals surface area contributed by atoms with Gasteiger partial charge in [0.1, 0.15) is 0 Å². The Hall–Kier alpha value is -1.97. The molecule has 2 N–H and O–H groups in total. The highest BCUT2D eigenvalue weighted by Gasteiger charge is 2.35. The van der Waals surface area contributed by atoms with E-state index in [4.69, 9.17) is 9.84 Å². The molecule has 3 rings (SSSR count). The van der Waals surface area contributed by atoms with E-state index in [-0.39, 0.29) is 28.3 Å². The summed E-state index contributed by atoms with van der Waals surface area (Å²) in [5, 5.41) is 11.5. The van der Waals surface area contributed by atoms with Crippen LogP contribution in [0.15, 0.2) is 24.3 Å². The molecule has 0 radical (unpaired) electrons. The summed E-state index contributed by atoms with van der Waals surface area (Å²) in [4.78, 5) is 23.4. The second-order valence-corrected chi connectivity index (χ2v) is 9.10. The lowest BCUT2D eigenvalue weighted by atomic mass is 10.1. The Kier molecular flexibility index (Phi) is 6.13. The maximum Gasteiger partial charge on any atom is 0.335 e. The van der Waals surface area contributed by atoms with Crippen molar-refractivity contribution in [3.63, 3.8) is 0 Å². The van der Waals surface area contributed by atoms with Gasteiger partial charge in [-0.2, -0.15) is 0 Å². The largest absolute Gasteiger partial charge is 0.478 e. The molecule has 27 heavy (non-hydrogen) atoms. The summed E-state index contributed by atoms with van der Waals surface area (Å²) in [5.74, 6) is -1.43. The van der Waals surface area contributed by atoms with Crippen molar-refractivity contribution in [2.45, 2.75) is 37.0 Å². The normalized spacial score (nSPS) is 20.3. The molecule has 2 aliphatic rings. The van der Waals surface area contributed by atoms with Crippen molar-refractivity contribution in [1.29, 1.82) is 0 Å². The Morgan fingerprint density at radius 1 is 1.07 bits per heavy atom. The fourth-order valence-electron chi connectivity index (χ4n) is 3.50. The average molecular weight is 396 g/mol. The molecule has 0 unspecified atom stereocenters. The Balaban J connectivity index is 1.55. The Labute approximate surface area is 158 Å². The van der Waals surface area contributed by atoms with Gasteiger partial charge in [0.15, 0.2) is 0 Å². The summed E-state index contributed by atoms with van der Waals surface area (Å²) in [5.41, 5.74) is 0.340. The quantitative estimate of drug-likeness (QED) is 0.770. The molecule has 0 spiro atoms. The first-order valence-electron chi connectivity index (χ1n) is 9.09. The van der Waals surface area contributed by atoms with Gasteiger partial charge < -0.3 is 15.2 Å². The van der Waals surface area contributed by atoms with E-state index in [0.717, 1.165) is 0 Å². The highest BCUT2D eigenvalue weighted by atomic mass is 32.2. The van der Waals surface area contributed by atoms with Gasteiger partial charge in [0.2, 0.25) is 10.0 Å². The molecule has 0 atom stereocenters. The van der Waals surface area contributed by atoms with Gasteiger partial charge in [0.05, 0.1) is 10.8 Å². The molecule has 1 aromatic carbocycles. The lowest BCUT2D eigenvalue weighted by Gasteiger charge is -2.35. The van der Waals surface area contributed by atoms with Crippen LogP contribution in [0.5, 0.6) is 0 Å². The molecule has 8 nitrogen and oxygen atoms in total. The van der Waals surface area contributed by atoms with E-state index >= 15 is 0 Å². The van der Waals surface area contributed by atoms with Crippen LogP contribution in [0.3, 0.4) is 0 Å². The first kappa shape index (κ1) is 19.8. The van der Waals surface area contributed by atoms with Gasteiger partial charge >= 0.3 is 5.97 Å².